The van der Waals surface area contributed by atoms with Gasteiger partial charge in [0.25, 0.3) is 0 Å². The lowest BCUT2D eigenvalue weighted by molar-refractivity contribution is 0.0695. The molecule has 0 amide bonds. The molecule has 3 aromatic carbocycles. The minimum Gasteiger partial charge on any atom is -0.508 e. The first kappa shape index (κ1) is 15.8. The third-order valence-electron chi connectivity index (χ3n) is 4.45. The fraction of sp³-hybridized carbons (Fsp3) is 0.0500. The first-order valence-electron chi connectivity index (χ1n) is 7.90. The predicted octanol–water partition coefficient (Wildman–Crippen LogP) is 3.66. The Balaban J connectivity index is 2.03. The van der Waals surface area contributed by atoms with Gasteiger partial charge in [-0.3, -0.25) is 0 Å². The molecule has 1 heterocycles. The lowest BCUT2D eigenvalue weighted by Crippen LogP contribution is -2.15. The van der Waals surface area contributed by atoms with Crippen molar-refractivity contribution in [1.29, 1.82) is 0 Å². The van der Waals surface area contributed by atoms with Crippen LogP contribution >= 0.6 is 0 Å². The summed E-state index contributed by atoms with van der Waals surface area (Å²) in [6.45, 7) is 0. The molecule has 0 bridgehead atoms. The van der Waals surface area contributed by atoms with Crippen molar-refractivity contribution in [3.63, 3.8) is 0 Å². The van der Waals surface area contributed by atoms with E-state index in [1.807, 2.05) is 0 Å². The summed E-state index contributed by atoms with van der Waals surface area (Å²) in [5.41, 5.74) is 8.41. The van der Waals surface area contributed by atoms with Crippen LogP contribution in [0.15, 0.2) is 54.6 Å². The van der Waals surface area contributed by atoms with Gasteiger partial charge in [-0.2, -0.15) is 0 Å². The molecule has 0 saturated carbocycles. The highest BCUT2D eigenvalue weighted by molar-refractivity contribution is 5.91. The van der Waals surface area contributed by atoms with Gasteiger partial charge in [-0.05, 0) is 35.9 Å². The molecule has 1 aliphatic rings. The summed E-state index contributed by atoms with van der Waals surface area (Å²) in [6, 6.07) is 14.0. The van der Waals surface area contributed by atoms with E-state index in [0.29, 0.717) is 33.9 Å². The number of carboxylic acids is 1. The van der Waals surface area contributed by atoms with Crippen LogP contribution < -0.4 is 10.5 Å². The molecule has 0 radical (unpaired) electrons. The third kappa shape index (κ3) is 2.48. The van der Waals surface area contributed by atoms with Crippen molar-refractivity contribution >= 4 is 11.7 Å². The van der Waals surface area contributed by atoms with Gasteiger partial charge >= 0.3 is 5.97 Å². The van der Waals surface area contributed by atoms with Crippen LogP contribution in [0.3, 0.4) is 0 Å². The Labute approximate surface area is 148 Å². The van der Waals surface area contributed by atoms with Crippen LogP contribution in [0.5, 0.6) is 23.0 Å². The third-order valence-corrected chi connectivity index (χ3v) is 4.45. The predicted molar refractivity (Wildman–Crippen MR) is 95.0 cm³/mol. The maximum Gasteiger partial charge on any atom is 0.335 e. The molecule has 6 heteroatoms. The van der Waals surface area contributed by atoms with E-state index in [9.17, 15) is 20.1 Å². The largest absolute Gasteiger partial charge is 0.508 e. The number of fused-ring (bicyclic) bond motifs is 2. The number of nitrogens with two attached hydrogens (primary N) is 1. The number of hydrogen-bond donors (Lipinski definition) is 4. The molecular formula is C20H15NO5. The Morgan fingerprint density at radius 1 is 0.846 bits per heavy atom. The van der Waals surface area contributed by atoms with Crippen molar-refractivity contribution in [2.24, 2.45) is 0 Å². The van der Waals surface area contributed by atoms with Crippen LogP contribution in [0.25, 0.3) is 0 Å². The summed E-state index contributed by atoms with van der Waals surface area (Å²) in [4.78, 5) is 11.8. The SMILES string of the molecule is Nc1ccc(C(=O)O)c(C2c3ccc(O)cc3Oc3cc(O)ccc32)c1. The fourth-order valence-corrected chi connectivity index (χ4v) is 3.34. The van der Waals surface area contributed by atoms with Gasteiger partial charge in [-0.25, -0.2) is 4.79 Å². The zero-order valence-electron chi connectivity index (χ0n) is 13.5. The molecule has 1 aliphatic heterocycles. The number of anilines is 1. The maximum absolute atomic E-state index is 11.8. The summed E-state index contributed by atoms with van der Waals surface area (Å²) in [6.07, 6.45) is 0. The highest BCUT2D eigenvalue weighted by Crippen LogP contribution is 2.49. The lowest BCUT2D eigenvalue weighted by atomic mass is 9.80. The summed E-state index contributed by atoms with van der Waals surface area (Å²) in [7, 11) is 0. The zero-order valence-corrected chi connectivity index (χ0v) is 13.5. The van der Waals surface area contributed by atoms with Gasteiger partial charge in [0.05, 0.1) is 5.56 Å². The second-order valence-electron chi connectivity index (χ2n) is 6.13. The van der Waals surface area contributed by atoms with Gasteiger partial charge in [0.2, 0.25) is 0 Å². The Bertz CT molecular complexity index is 993. The Morgan fingerprint density at radius 2 is 1.42 bits per heavy atom. The van der Waals surface area contributed by atoms with Crippen LogP contribution in [0.1, 0.15) is 33.0 Å². The van der Waals surface area contributed by atoms with E-state index in [4.69, 9.17) is 10.5 Å². The number of carbonyl (C=O) groups is 1. The Hall–Kier alpha value is -3.67. The summed E-state index contributed by atoms with van der Waals surface area (Å²) in [5.74, 6) is -0.690. The lowest BCUT2D eigenvalue weighted by Gasteiger charge is -2.29. The molecular weight excluding hydrogens is 334 g/mol. The molecule has 3 aromatic rings. The van der Waals surface area contributed by atoms with Crippen LogP contribution in [-0.2, 0) is 0 Å². The van der Waals surface area contributed by atoms with E-state index < -0.39 is 11.9 Å². The Morgan fingerprint density at radius 3 is 1.96 bits per heavy atom. The molecule has 26 heavy (non-hydrogen) atoms. The molecule has 0 spiro atoms. The molecule has 0 fully saturated rings. The number of phenols is 2. The van der Waals surface area contributed by atoms with E-state index in [0.717, 1.165) is 0 Å². The number of phenolic OH excluding ortho intramolecular Hbond substituents is 2. The quantitative estimate of drug-likeness (QED) is 0.411. The number of nitrogen functional groups attached to an aromatic ring is 1. The summed E-state index contributed by atoms with van der Waals surface area (Å²) >= 11 is 0. The van der Waals surface area contributed by atoms with Crippen molar-refractivity contribution in [1.82, 2.24) is 0 Å². The van der Waals surface area contributed by atoms with Gasteiger partial charge in [-0.1, -0.05) is 12.1 Å². The average Bonchev–Trinajstić information content (AvgIpc) is 2.59. The van der Waals surface area contributed by atoms with Crippen LogP contribution in [-0.4, -0.2) is 21.3 Å². The minimum atomic E-state index is -1.06. The van der Waals surface area contributed by atoms with Gasteiger partial charge < -0.3 is 25.8 Å². The number of carboxylic acid groups (broad SMARTS) is 1. The van der Waals surface area contributed by atoms with E-state index in [1.165, 1.54) is 30.3 Å². The van der Waals surface area contributed by atoms with Gasteiger partial charge in [0.1, 0.15) is 23.0 Å². The molecule has 0 aromatic heterocycles. The number of rotatable bonds is 2. The first-order valence-corrected chi connectivity index (χ1v) is 7.90. The number of ether oxygens (including phenoxy) is 1. The second-order valence-corrected chi connectivity index (χ2v) is 6.13. The topological polar surface area (TPSA) is 113 Å². The number of hydrogen-bond acceptors (Lipinski definition) is 5. The molecule has 5 N–H and O–H groups in total. The molecule has 6 nitrogen and oxygen atoms in total. The van der Waals surface area contributed by atoms with Crippen molar-refractivity contribution in [2.45, 2.75) is 5.92 Å². The standard InChI is InChI=1S/C20H15NO5/c21-10-1-4-13(20(24)25)16(7-10)19-14-5-2-11(22)8-17(14)26-18-9-12(23)3-6-15(18)19/h1-9,19,22-23H,21H2,(H,24,25). The molecule has 0 atom stereocenters. The van der Waals surface area contributed by atoms with Crippen LogP contribution in [0.4, 0.5) is 5.69 Å². The fourth-order valence-electron chi connectivity index (χ4n) is 3.34. The highest BCUT2D eigenvalue weighted by Gasteiger charge is 2.32. The number of aromatic carboxylic acids is 1. The molecule has 0 aliphatic carbocycles. The molecule has 0 saturated heterocycles. The van der Waals surface area contributed by atoms with Gasteiger partial charge in [0.15, 0.2) is 0 Å². The van der Waals surface area contributed by atoms with Gasteiger partial charge in [-0.15, -0.1) is 0 Å². The van der Waals surface area contributed by atoms with Crippen molar-refractivity contribution in [3.05, 3.63) is 76.9 Å². The summed E-state index contributed by atoms with van der Waals surface area (Å²) in [5, 5.41) is 29.2. The summed E-state index contributed by atoms with van der Waals surface area (Å²) < 4.78 is 5.82. The van der Waals surface area contributed by atoms with E-state index in [1.54, 1.807) is 24.3 Å². The monoisotopic (exact) mass is 349 g/mol. The van der Waals surface area contributed by atoms with Crippen LogP contribution in [0.2, 0.25) is 0 Å². The molecule has 4 rings (SSSR count). The Kier molecular flexibility index (Phi) is 3.47. The molecule has 130 valence electrons. The highest BCUT2D eigenvalue weighted by atomic mass is 16.5. The van der Waals surface area contributed by atoms with E-state index in [2.05, 4.69) is 0 Å². The maximum atomic E-state index is 11.8. The smallest absolute Gasteiger partial charge is 0.335 e. The molecule has 0 unspecified atom stereocenters. The van der Waals surface area contributed by atoms with E-state index in [-0.39, 0.29) is 17.1 Å². The van der Waals surface area contributed by atoms with Crippen molar-refractivity contribution < 1.29 is 24.9 Å². The average molecular weight is 349 g/mol. The van der Waals surface area contributed by atoms with Crippen LogP contribution in [0, 0.1) is 0 Å². The van der Waals surface area contributed by atoms with Gasteiger partial charge in [0, 0.05) is 34.9 Å². The second kappa shape index (κ2) is 5.70. The number of benzene rings is 3. The normalized spacial score (nSPS) is 12.8. The zero-order chi connectivity index (χ0) is 18.4. The first-order chi connectivity index (χ1) is 12.4. The van der Waals surface area contributed by atoms with Crippen molar-refractivity contribution in [3.8, 4) is 23.0 Å². The van der Waals surface area contributed by atoms with Crippen molar-refractivity contribution in [2.75, 3.05) is 5.73 Å². The minimum absolute atomic E-state index is 0.0251. The number of aromatic hydroxyl groups is 2. The van der Waals surface area contributed by atoms with E-state index >= 15 is 0 Å².